The molecule has 0 fully saturated rings. The van der Waals surface area contributed by atoms with Crippen LogP contribution in [-0.2, 0) is 15.9 Å². The quantitative estimate of drug-likeness (QED) is 0.475. The average Bonchev–Trinajstić information content (AvgIpc) is 3.29. The van der Waals surface area contributed by atoms with Gasteiger partial charge in [0.2, 0.25) is 0 Å². The maximum absolute atomic E-state index is 14.3. The van der Waals surface area contributed by atoms with Crippen LogP contribution in [0.2, 0.25) is 0 Å². The van der Waals surface area contributed by atoms with Gasteiger partial charge in [-0.3, -0.25) is 8.95 Å². The Morgan fingerprint density at radius 1 is 1.20 bits per heavy atom. The van der Waals surface area contributed by atoms with Gasteiger partial charge in [0.15, 0.2) is 17.8 Å². The van der Waals surface area contributed by atoms with E-state index >= 15 is 0 Å². The maximum atomic E-state index is 14.3. The molecule has 1 aromatic carbocycles. The van der Waals surface area contributed by atoms with Gasteiger partial charge in [-0.25, -0.2) is 13.8 Å². The second kappa shape index (κ2) is 7.26. The Balaban J connectivity index is 1.97. The number of rotatable bonds is 5. The van der Waals surface area contributed by atoms with E-state index in [0.717, 1.165) is 24.6 Å². The van der Waals surface area contributed by atoms with Crippen LogP contribution < -0.4 is 0 Å². The van der Waals surface area contributed by atoms with Gasteiger partial charge in [-0.1, -0.05) is 13.8 Å². The molecular formula is C19H16F2N4O4S. The summed E-state index contributed by atoms with van der Waals surface area (Å²) in [7, 11) is -4.38. The van der Waals surface area contributed by atoms with Crippen molar-refractivity contribution in [3.8, 4) is 22.6 Å². The van der Waals surface area contributed by atoms with Gasteiger partial charge in [-0.05, 0) is 24.3 Å². The second-order valence-corrected chi connectivity index (χ2v) is 8.49. The standard InChI is InChI=1S/C19H16F2N4O4S/c1-10(2)18-23-24-19-12(8-30(26,27)28)5-11(7-25(18)19)17-16(22-9-29-17)14-6-13(20)3-4-15(14)21/h3-7,9-10H,8H2,1-2H3,(H,26,27,28). The molecule has 3 heterocycles. The zero-order chi connectivity index (χ0) is 21.6. The van der Waals surface area contributed by atoms with Crippen molar-refractivity contribution < 1.29 is 26.2 Å². The lowest BCUT2D eigenvalue weighted by molar-refractivity contribution is 0.482. The zero-order valence-electron chi connectivity index (χ0n) is 15.9. The molecule has 11 heteroatoms. The van der Waals surface area contributed by atoms with Gasteiger partial charge in [-0.15, -0.1) is 10.2 Å². The van der Waals surface area contributed by atoms with E-state index in [1.807, 2.05) is 13.8 Å². The summed E-state index contributed by atoms with van der Waals surface area (Å²) in [6, 6.07) is 4.39. The third-order valence-corrected chi connectivity index (χ3v) is 5.15. The molecule has 0 saturated heterocycles. The first-order valence-electron chi connectivity index (χ1n) is 8.86. The van der Waals surface area contributed by atoms with Crippen LogP contribution in [0, 0.1) is 11.6 Å². The van der Waals surface area contributed by atoms with Gasteiger partial charge in [0.25, 0.3) is 10.1 Å². The molecule has 0 aliphatic heterocycles. The van der Waals surface area contributed by atoms with Crippen molar-refractivity contribution >= 4 is 15.8 Å². The number of benzene rings is 1. The Morgan fingerprint density at radius 3 is 2.67 bits per heavy atom. The Hall–Kier alpha value is -3.18. The van der Waals surface area contributed by atoms with Gasteiger partial charge in [0.05, 0.1) is 0 Å². The van der Waals surface area contributed by atoms with Crippen molar-refractivity contribution in [3.05, 3.63) is 59.9 Å². The number of hydrogen-bond donors (Lipinski definition) is 1. The van der Waals surface area contributed by atoms with Gasteiger partial charge in [-0.2, -0.15) is 8.42 Å². The molecule has 0 aliphatic rings. The maximum Gasteiger partial charge on any atom is 0.269 e. The Morgan fingerprint density at radius 2 is 1.97 bits per heavy atom. The van der Waals surface area contributed by atoms with E-state index in [-0.39, 0.29) is 34.1 Å². The zero-order valence-corrected chi connectivity index (χ0v) is 16.7. The lowest BCUT2D eigenvalue weighted by Crippen LogP contribution is -2.05. The first kappa shape index (κ1) is 20.1. The third-order valence-electron chi connectivity index (χ3n) is 4.47. The fourth-order valence-electron chi connectivity index (χ4n) is 3.22. The number of halogens is 2. The fraction of sp³-hybridized carbons (Fsp3) is 0.211. The van der Waals surface area contributed by atoms with Crippen molar-refractivity contribution in [2.24, 2.45) is 0 Å². The van der Waals surface area contributed by atoms with Crippen LogP contribution >= 0.6 is 0 Å². The topological polar surface area (TPSA) is 111 Å². The highest BCUT2D eigenvalue weighted by Crippen LogP contribution is 2.34. The molecule has 0 atom stereocenters. The van der Waals surface area contributed by atoms with Crippen molar-refractivity contribution in [2.75, 3.05) is 0 Å². The normalized spacial score (nSPS) is 12.2. The molecule has 156 valence electrons. The molecule has 0 spiro atoms. The minimum Gasteiger partial charge on any atom is -0.443 e. The predicted octanol–water partition coefficient (Wildman–Crippen LogP) is 3.84. The van der Waals surface area contributed by atoms with Gasteiger partial charge >= 0.3 is 0 Å². The largest absolute Gasteiger partial charge is 0.443 e. The number of hydrogen-bond acceptors (Lipinski definition) is 6. The fourth-order valence-corrected chi connectivity index (χ4v) is 3.83. The SMILES string of the molecule is CC(C)c1nnc2c(CS(=O)(=O)O)cc(-c3ocnc3-c3cc(F)ccc3F)cn12. The highest BCUT2D eigenvalue weighted by atomic mass is 32.2. The Labute approximate surface area is 170 Å². The van der Waals surface area contributed by atoms with E-state index in [1.54, 1.807) is 10.6 Å². The number of pyridine rings is 1. The second-order valence-electron chi connectivity index (χ2n) is 7.04. The number of aromatic nitrogens is 4. The molecule has 3 aromatic heterocycles. The number of fused-ring (bicyclic) bond motifs is 1. The van der Waals surface area contributed by atoms with Crippen molar-refractivity contribution in [2.45, 2.75) is 25.5 Å². The summed E-state index contributed by atoms with van der Waals surface area (Å²) < 4.78 is 67.4. The van der Waals surface area contributed by atoms with E-state index in [9.17, 15) is 21.8 Å². The molecule has 0 unspecified atom stereocenters. The van der Waals surface area contributed by atoms with Crippen LogP contribution in [0.1, 0.15) is 31.2 Å². The summed E-state index contributed by atoms with van der Waals surface area (Å²) in [6.07, 6.45) is 2.68. The monoisotopic (exact) mass is 434 g/mol. The summed E-state index contributed by atoms with van der Waals surface area (Å²) in [5.41, 5.74) is 0.680. The summed E-state index contributed by atoms with van der Waals surface area (Å²) in [5.74, 6) is -1.47. The van der Waals surface area contributed by atoms with Crippen LogP contribution in [0.25, 0.3) is 28.2 Å². The van der Waals surface area contributed by atoms with E-state index in [0.29, 0.717) is 11.4 Å². The highest BCUT2D eigenvalue weighted by molar-refractivity contribution is 7.85. The Kier molecular flexibility index (Phi) is 4.86. The van der Waals surface area contributed by atoms with Crippen LogP contribution in [0.15, 0.2) is 41.3 Å². The van der Waals surface area contributed by atoms with Crippen LogP contribution in [-0.4, -0.2) is 32.6 Å². The molecule has 30 heavy (non-hydrogen) atoms. The summed E-state index contributed by atoms with van der Waals surface area (Å²) in [5, 5.41) is 8.13. The van der Waals surface area contributed by atoms with E-state index < -0.39 is 27.5 Å². The smallest absolute Gasteiger partial charge is 0.269 e. The summed E-state index contributed by atoms with van der Waals surface area (Å²) in [4.78, 5) is 4.01. The third kappa shape index (κ3) is 3.68. The molecule has 0 radical (unpaired) electrons. The number of nitrogens with zero attached hydrogens (tertiary/aromatic N) is 4. The molecule has 4 aromatic rings. The van der Waals surface area contributed by atoms with Crippen molar-refractivity contribution in [3.63, 3.8) is 0 Å². The summed E-state index contributed by atoms with van der Waals surface area (Å²) in [6.45, 7) is 3.77. The molecule has 0 amide bonds. The van der Waals surface area contributed by atoms with Crippen molar-refractivity contribution in [1.29, 1.82) is 0 Å². The molecule has 8 nitrogen and oxygen atoms in total. The molecule has 0 bridgehead atoms. The first-order valence-corrected chi connectivity index (χ1v) is 10.5. The highest BCUT2D eigenvalue weighted by Gasteiger charge is 2.22. The lowest BCUT2D eigenvalue weighted by Gasteiger charge is -2.09. The van der Waals surface area contributed by atoms with Crippen LogP contribution in [0.5, 0.6) is 0 Å². The molecule has 4 rings (SSSR count). The lowest BCUT2D eigenvalue weighted by atomic mass is 10.0. The number of oxazole rings is 1. The summed E-state index contributed by atoms with van der Waals surface area (Å²) >= 11 is 0. The average molecular weight is 434 g/mol. The molecule has 0 saturated carbocycles. The van der Waals surface area contributed by atoms with Gasteiger partial charge in [0, 0.05) is 28.8 Å². The van der Waals surface area contributed by atoms with Crippen LogP contribution in [0.3, 0.4) is 0 Å². The molecular weight excluding hydrogens is 418 g/mol. The van der Waals surface area contributed by atoms with E-state index in [2.05, 4.69) is 15.2 Å². The van der Waals surface area contributed by atoms with Crippen molar-refractivity contribution in [1.82, 2.24) is 19.6 Å². The minimum atomic E-state index is -4.38. The van der Waals surface area contributed by atoms with Gasteiger partial charge in [0.1, 0.15) is 28.9 Å². The van der Waals surface area contributed by atoms with Crippen LogP contribution in [0.4, 0.5) is 8.78 Å². The Bertz CT molecular complexity index is 1360. The van der Waals surface area contributed by atoms with E-state index in [4.69, 9.17) is 4.42 Å². The minimum absolute atomic E-state index is 0.0447. The van der Waals surface area contributed by atoms with E-state index in [1.165, 1.54) is 6.07 Å². The molecule has 0 aliphatic carbocycles. The molecule has 1 N–H and O–H groups in total. The van der Waals surface area contributed by atoms with Gasteiger partial charge < -0.3 is 4.42 Å². The first-order chi connectivity index (χ1) is 14.1. The predicted molar refractivity (Wildman–Crippen MR) is 103 cm³/mol.